The van der Waals surface area contributed by atoms with Gasteiger partial charge in [0, 0.05) is 11.6 Å². The Morgan fingerprint density at radius 1 is 0.966 bits per heavy atom. The molecule has 0 spiro atoms. The highest BCUT2D eigenvalue weighted by Crippen LogP contribution is 2.35. The van der Waals surface area contributed by atoms with Crippen LogP contribution in [0.15, 0.2) is 48.7 Å². The van der Waals surface area contributed by atoms with Gasteiger partial charge in [-0.15, -0.1) is 0 Å². The second kappa shape index (κ2) is 7.78. The van der Waals surface area contributed by atoms with Gasteiger partial charge in [-0.1, -0.05) is 24.3 Å². The largest absolute Gasteiger partial charge is 0.508 e. The number of aromatic nitrogens is 1. The van der Waals surface area contributed by atoms with Crippen molar-refractivity contribution in [1.29, 1.82) is 0 Å². The van der Waals surface area contributed by atoms with Crippen molar-refractivity contribution >= 4 is 10.9 Å². The van der Waals surface area contributed by atoms with Crippen molar-refractivity contribution in [3.63, 3.8) is 0 Å². The van der Waals surface area contributed by atoms with Crippen LogP contribution in [-0.4, -0.2) is 61.1 Å². The zero-order valence-electron chi connectivity index (χ0n) is 16.0. The Bertz CT molecular complexity index is 996. The number of aliphatic hydroxyl groups is 4. The maximum absolute atomic E-state index is 10.6. The van der Waals surface area contributed by atoms with E-state index in [1.807, 2.05) is 43.5 Å². The quantitative estimate of drug-likeness (QED) is 0.451. The Hall–Kier alpha value is -2.42. The summed E-state index contributed by atoms with van der Waals surface area (Å²) in [5.41, 5.74) is 3.89. The van der Waals surface area contributed by atoms with E-state index in [0.29, 0.717) is 6.42 Å². The Kier molecular flexibility index (Phi) is 5.33. The standard InChI is InChI=1S/C22H25NO6/c1-12-3-2-4-16-18(12)14(9-13-5-7-15(25)8-6-13)10-23(16)22-21(28)20(27)19(26)17(11-24)29-22/h2-8,10,17,19-22,24-28H,9,11H2,1H3/t17-,19-,20+,21-,22-/m1/s1. The molecule has 0 amide bonds. The molecule has 5 N–H and O–H groups in total. The minimum Gasteiger partial charge on any atom is -0.508 e. The van der Waals surface area contributed by atoms with Gasteiger partial charge < -0.3 is 34.8 Å². The summed E-state index contributed by atoms with van der Waals surface area (Å²) >= 11 is 0. The lowest BCUT2D eigenvalue weighted by Gasteiger charge is -2.40. The minimum atomic E-state index is -1.44. The average Bonchev–Trinajstić information content (AvgIpc) is 3.08. The second-order valence-corrected chi connectivity index (χ2v) is 7.59. The highest BCUT2D eigenvalue weighted by molar-refractivity contribution is 5.87. The van der Waals surface area contributed by atoms with Crippen molar-refractivity contribution < 1.29 is 30.3 Å². The number of aryl methyl sites for hydroxylation is 1. The SMILES string of the molecule is Cc1cccc2c1c(Cc1ccc(O)cc1)cn2[C@@H]1O[C@H](CO)[C@@H](O)[C@H](O)[C@H]1O. The third kappa shape index (κ3) is 3.52. The number of ether oxygens (including phenoxy) is 1. The Labute approximate surface area is 168 Å². The molecule has 1 aliphatic heterocycles. The normalized spacial score (nSPS) is 27.4. The molecule has 154 valence electrons. The van der Waals surface area contributed by atoms with Crippen LogP contribution in [0.2, 0.25) is 0 Å². The molecule has 2 heterocycles. The molecule has 0 radical (unpaired) electrons. The molecule has 1 aliphatic rings. The summed E-state index contributed by atoms with van der Waals surface area (Å²) in [6, 6.07) is 12.8. The van der Waals surface area contributed by atoms with E-state index in [-0.39, 0.29) is 5.75 Å². The topological polar surface area (TPSA) is 115 Å². The highest BCUT2D eigenvalue weighted by atomic mass is 16.6. The summed E-state index contributed by atoms with van der Waals surface area (Å²) in [6.45, 7) is 1.53. The van der Waals surface area contributed by atoms with Crippen molar-refractivity contribution in [2.75, 3.05) is 6.61 Å². The summed E-state index contributed by atoms with van der Waals surface area (Å²) in [4.78, 5) is 0. The van der Waals surface area contributed by atoms with Gasteiger partial charge in [0.05, 0.1) is 12.1 Å². The maximum atomic E-state index is 10.6. The number of benzene rings is 2. The third-order valence-corrected chi connectivity index (χ3v) is 5.62. The van der Waals surface area contributed by atoms with E-state index in [9.17, 15) is 25.5 Å². The van der Waals surface area contributed by atoms with Gasteiger partial charge in [-0.25, -0.2) is 0 Å². The molecule has 7 nitrogen and oxygen atoms in total. The molecule has 5 atom stereocenters. The molecule has 2 aromatic carbocycles. The number of hydrogen-bond donors (Lipinski definition) is 5. The van der Waals surface area contributed by atoms with Crippen molar-refractivity contribution in [3.05, 3.63) is 65.4 Å². The summed E-state index contributed by atoms with van der Waals surface area (Å²) in [5.74, 6) is 0.202. The van der Waals surface area contributed by atoms with Crippen LogP contribution < -0.4 is 0 Å². The van der Waals surface area contributed by atoms with E-state index < -0.39 is 37.3 Å². The zero-order chi connectivity index (χ0) is 20.7. The Morgan fingerprint density at radius 3 is 2.38 bits per heavy atom. The van der Waals surface area contributed by atoms with Gasteiger partial charge in [-0.05, 0) is 48.2 Å². The van der Waals surface area contributed by atoms with Crippen molar-refractivity contribution in [3.8, 4) is 5.75 Å². The molecule has 0 unspecified atom stereocenters. The van der Waals surface area contributed by atoms with Gasteiger partial charge in [-0.3, -0.25) is 0 Å². The molecular formula is C22H25NO6. The van der Waals surface area contributed by atoms with Gasteiger partial charge in [0.15, 0.2) is 6.23 Å². The molecule has 0 bridgehead atoms. The molecule has 29 heavy (non-hydrogen) atoms. The number of phenolic OH excluding ortho intramolecular Hbond substituents is 1. The van der Waals surface area contributed by atoms with Gasteiger partial charge in [0.25, 0.3) is 0 Å². The van der Waals surface area contributed by atoms with E-state index >= 15 is 0 Å². The van der Waals surface area contributed by atoms with E-state index in [1.54, 1.807) is 16.7 Å². The molecule has 3 aromatic rings. The number of fused-ring (bicyclic) bond motifs is 1. The lowest BCUT2D eigenvalue weighted by molar-refractivity contribution is -0.250. The molecule has 1 fully saturated rings. The number of aromatic hydroxyl groups is 1. The van der Waals surface area contributed by atoms with Gasteiger partial charge in [0.1, 0.15) is 30.2 Å². The minimum absolute atomic E-state index is 0.202. The summed E-state index contributed by atoms with van der Waals surface area (Å²) in [5, 5.41) is 50.9. The molecule has 0 saturated carbocycles. The van der Waals surface area contributed by atoms with Crippen LogP contribution in [0.5, 0.6) is 5.75 Å². The van der Waals surface area contributed by atoms with E-state index in [1.165, 1.54) is 0 Å². The first-order chi connectivity index (χ1) is 13.9. The predicted molar refractivity (Wildman–Crippen MR) is 107 cm³/mol. The van der Waals surface area contributed by atoms with Crippen LogP contribution in [0.3, 0.4) is 0 Å². The van der Waals surface area contributed by atoms with Crippen LogP contribution in [-0.2, 0) is 11.2 Å². The van der Waals surface area contributed by atoms with Gasteiger partial charge in [-0.2, -0.15) is 0 Å². The molecule has 1 saturated heterocycles. The van der Waals surface area contributed by atoms with Crippen LogP contribution in [0.4, 0.5) is 0 Å². The van der Waals surface area contributed by atoms with Gasteiger partial charge >= 0.3 is 0 Å². The zero-order valence-corrected chi connectivity index (χ0v) is 16.0. The highest BCUT2D eigenvalue weighted by Gasteiger charge is 2.44. The fraction of sp³-hybridized carbons (Fsp3) is 0.364. The molecule has 0 aliphatic carbocycles. The van der Waals surface area contributed by atoms with Crippen molar-refractivity contribution in [2.45, 2.75) is 44.0 Å². The fourth-order valence-corrected chi connectivity index (χ4v) is 4.08. The number of rotatable bonds is 4. The first-order valence-electron chi connectivity index (χ1n) is 9.58. The lowest BCUT2D eigenvalue weighted by Crippen LogP contribution is -2.56. The summed E-state index contributed by atoms with van der Waals surface area (Å²) in [7, 11) is 0. The number of aliphatic hydroxyl groups excluding tert-OH is 4. The Morgan fingerprint density at radius 2 is 1.69 bits per heavy atom. The van der Waals surface area contributed by atoms with Crippen LogP contribution in [0.1, 0.15) is 22.9 Å². The number of nitrogens with zero attached hydrogens (tertiary/aromatic N) is 1. The fourth-order valence-electron chi connectivity index (χ4n) is 4.08. The van der Waals surface area contributed by atoms with Gasteiger partial charge in [0.2, 0.25) is 0 Å². The van der Waals surface area contributed by atoms with E-state index in [2.05, 4.69) is 0 Å². The van der Waals surface area contributed by atoms with Crippen molar-refractivity contribution in [2.24, 2.45) is 0 Å². The van der Waals surface area contributed by atoms with Crippen molar-refractivity contribution in [1.82, 2.24) is 4.57 Å². The number of phenols is 1. The lowest BCUT2D eigenvalue weighted by atomic mass is 9.98. The predicted octanol–water partition coefficient (Wildman–Crippen LogP) is 1.22. The summed E-state index contributed by atoms with van der Waals surface area (Å²) in [6.07, 6.45) is -3.64. The smallest absolute Gasteiger partial charge is 0.163 e. The monoisotopic (exact) mass is 399 g/mol. The first kappa shape index (κ1) is 19.9. The first-order valence-corrected chi connectivity index (χ1v) is 9.58. The Balaban J connectivity index is 1.79. The van der Waals surface area contributed by atoms with E-state index in [4.69, 9.17) is 4.74 Å². The summed E-state index contributed by atoms with van der Waals surface area (Å²) < 4.78 is 7.51. The van der Waals surface area contributed by atoms with Crippen LogP contribution >= 0.6 is 0 Å². The van der Waals surface area contributed by atoms with Crippen LogP contribution in [0, 0.1) is 6.92 Å². The number of hydrogen-bond acceptors (Lipinski definition) is 6. The second-order valence-electron chi connectivity index (χ2n) is 7.59. The third-order valence-electron chi connectivity index (χ3n) is 5.62. The van der Waals surface area contributed by atoms with Crippen LogP contribution in [0.25, 0.3) is 10.9 Å². The average molecular weight is 399 g/mol. The van der Waals surface area contributed by atoms with E-state index in [0.717, 1.165) is 27.6 Å². The molecule has 4 rings (SSSR count). The maximum Gasteiger partial charge on any atom is 0.163 e. The molecule has 7 heteroatoms. The molecule has 1 aromatic heterocycles. The molecular weight excluding hydrogens is 374 g/mol.